The van der Waals surface area contributed by atoms with E-state index in [-0.39, 0.29) is 0 Å². The van der Waals surface area contributed by atoms with Crippen LogP contribution in [-0.2, 0) is 16.0 Å². The van der Waals surface area contributed by atoms with Crippen LogP contribution < -0.4 is 4.90 Å². The molecule has 0 spiro atoms. The molecule has 1 fully saturated rings. The SMILES string of the molecule is O=C(O)C(F)(F)F.O=C(O)C(F)(F)F.c1cnc(N2CCN(CCCc3cccnc3)CC2)nc1. The maximum Gasteiger partial charge on any atom is 0.490 e. The van der Waals surface area contributed by atoms with Crippen molar-refractivity contribution in [3.63, 3.8) is 0 Å². The third-order valence-corrected chi connectivity index (χ3v) is 4.35. The summed E-state index contributed by atoms with van der Waals surface area (Å²) < 4.78 is 63.5. The summed E-state index contributed by atoms with van der Waals surface area (Å²) >= 11 is 0. The number of nitrogens with zero attached hydrogens (tertiary/aromatic N) is 5. The number of anilines is 1. The standard InChI is InChI=1S/C16H21N5.2C2HF3O2/c1-4-15(14-17-6-1)5-2-9-20-10-12-21(13-11-20)16-18-7-3-8-19-16;2*3-2(4,5)1(6)7/h1,3-4,6-8,14H,2,5,9-13H2;2*(H,6,7). The zero-order valence-electron chi connectivity index (χ0n) is 18.2. The third-order valence-electron chi connectivity index (χ3n) is 4.35. The molecule has 35 heavy (non-hydrogen) atoms. The topological polar surface area (TPSA) is 120 Å². The molecule has 0 unspecified atom stereocenters. The number of hydrogen-bond acceptors (Lipinski definition) is 7. The van der Waals surface area contributed by atoms with Crippen LogP contribution in [0.15, 0.2) is 43.0 Å². The Balaban J connectivity index is 0.000000362. The molecule has 3 heterocycles. The zero-order valence-corrected chi connectivity index (χ0v) is 18.2. The summed E-state index contributed by atoms with van der Waals surface area (Å²) in [6.07, 6.45) is -0.465. The number of rotatable bonds is 5. The van der Waals surface area contributed by atoms with Crippen molar-refractivity contribution in [2.45, 2.75) is 25.2 Å². The van der Waals surface area contributed by atoms with Crippen LogP contribution in [0.4, 0.5) is 32.3 Å². The van der Waals surface area contributed by atoms with E-state index in [9.17, 15) is 26.3 Å². The van der Waals surface area contributed by atoms with Gasteiger partial charge in [0.15, 0.2) is 0 Å². The fourth-order valence-electron chi connectivity index (χ4n) is 2.68. The smallest absolute Gasteiger partial charge is 0.475 e. The molecular formula is C20H23F6N5O4. The molecular weight excluding hydrogens is 488 g/mol. The number of hydrogen-bond donors (Lipinski definition) is 2. The highest BCUT2D eigenvalue weighted by atomic mass is 19.4. The van der Waals surface area contributed by atoms with E-state index in [0.717, 1.165) is 45.1 Å². The van der Waals surface area contributed by atoms with Gasteiger partial charge in [0.25, 0.3) is 0 Å². The predicted molar refractivity (Wildman–Crippen MR) is 111 cm³/mol. The summed E-state index contributed by atoms with van der Waals surface area (Å²) in [6.45, 7) is 5.35. The molecule has 0 radical (unpaired) electrons. The van der Waals surface area contributed by atoms with Gasteiger partial charge in [-0.15, -0.1) is 0 Å². The number of carboxylic acids is 2. The molecule has 2 aromatic rings. The van der Waals surface area contributed by atoms with Gasteiger partial charge in [-0.2, -0.15) is 26.3 Å². The molecule has 0 aliphatic carbocycles. The van der Waals surface area contributed by atoms with E-state index in [4.69, 9.17) is 19.8 Å². The number of carbonyl (C=O) groups is 2. The summed E-state index contributed by atoms with van der Waals surface area (Å²) in [4.78, 5) is 35.4. The van der Waals surface area contributed by atoms with Gasteiger partial charge in [-0.3, -0.25) is 9.88 Å². The van der Waals surface area contributed by atoms with Crippen molar-refractivity contribution in [2.24, 2.45) is 0 Å². The van der Waals surface area contributed by atoms with E-state index >= 15 is 0 Å². The summed E-state index contributed by atoms with van der Waals surface area (Å²) in [7, 11) is 0. The minimum Gasteiger partial charge on any atom is -0.475 e. The first-order valence-electron chi connectivity index (χ1n) is 10.0. The van der Waals surface area contributed by atoms with Crippen molar-refractivity contribution in [1.82, 2.24) is 19.9 Å². The molecule has 2 N–H and O–H groups in total. The summed E-state index contributed by atoms with van der Waals surface area (Å²) in [5.41, 5.74) is 1.33. The lowest BCUT2D eigenvalue weighted by molar-refractivity contribution is -0.193. The van der Waals surface area contributed by atoms with Crippen molar-refractivity contribution < 1.29 is 46.1 Å². The van der Waals surface area contributed by atoms with Crippen LogP contribution in [-0.4, -0.2) is 87.1 Å². The largest absolute Gasteiger partial charge is 0.490 e. The van der Waals surface area contributed by atoms with Gasteiger partial charge in [0.1, 0.15) is 0 Å². The number of pyridine rings is 1. The second kappa shape index (κ2) is 14.0. The average molecular weight is 511 g/mol. The Morgan fingerprint density at radius 2 is 1.37 bits per heavy atom. The van der Waals surface area contributed by atoms with Crippen LogP contribution >= 0.6 is 0 Å². The Kier molecular flexibility index (Phi) is 11.8. The summed E-state index contributed by atoms with van der Waals surface area (Å²) in [6, 6.07) is 6.02. The lowest BCUT2D eigenvalue weighted by Gasteiger charge is -2.34. The zero-order chi connectivity index (χ0) is 26.5. The highest BCUT2D eigenvalue weighted by molar-refractivity contribution is 5.73. The first-order valence-corrected chi connectivity index (χ1v) is 10.0. The fraction of sp³-hybridized carbons (Fsp3) is 0.450. The van der Waals surface area contributed by atoms with E-state index in [1.54, 1.807) is 0 Å². The predicted octanol–water partition coefficient (Wildman–Crippen LogP) is 2.89. The Bertz CT molecular complexity index is 866. The van der Waals surface area contributed by atoms with Crippen molar-refractivity contribution >= 4 is 17.9 Å². The molecule has 3 rings (SSSR count). The second-order valence-corrected chi connectivity index (χ2v) is 6.95. The lowest BCUT2D eigenvalue weighted by Crippen LogP contribution is -2.47. The van der Waals surface area contributed by atoms with Crippen molar-refractivity contribution in [3.05, 3.63) is 48.5 Å². The van der Waals surface area contributed by atoms with Crippen molar-refractivity contribution in [2.75, 3.05) is 37.6 Å². The Hall–Kier alpha value is -3.49. The normalized spacial score (nSPS) is 14.2. The Morgan fingerprint density at radius 3 is 1.80 bits per heavy atom. The monoisotopic (exact) mass is 511 g/mol. The number of halogens is 6. The summed E-state index contributed by atoms with van der Waals surface area (Å²) in [5, 5.41) is 14.2. The van der Waals surface area contributed by atoms with Crippen LogP contribution in [0, 0.1) is 0 Å². The van der Waals surface area contributed by atoms with E-state index in [1.807, 2.05) is 36.9 Å². The molecule has 2 aromatic heterocycles. The van der Waals surface area contributed by atoms with E-state index < -0.39 is 24.3 Å². The van der Waals surface area contributed by atoms with Gasteiger partial charge < -0.3 is 15.1 Å². The van der Waals surface area contributed by atoms with Gasteiger partial charge in [-0.1, -0.05) is 6.07 Å². The fourth-order valence-corrected chi connectivity index (χ4v) is 2.68. The molecule has 1 saturated heterocycles. The molecule has 0 atom stereocenters. The number of aromatic nitrogens is 3. The first kappa shape index (κ1) is 29.5. The van der Waals surface area contributed by atoms with Gasteiger partial charge in [-0.25, -0.2) is 19.6 Å². The molecule has 1 aliphatic heterocycles. The van der Waals surface area contributed by atoms with Crippen LogP contribution in [0.5, 0.6) is 0 Å². The molecule has 194 valence electrons. The number of piperazine rings is 1. The second-order valence-electron chi connectivity index (χ2n) is 6.95. The van der Waals surface area contributed by atoms with Gasteiger partial charge in [-0.05, 0) is 37.1 Å². The first-order chi connectivity index (χ1) is 16.3. The van der Waals surface area contributed by atoms with Gasteiger partial charge in [0, 0.05) is 51.0 Å². The molecule has 9 nitrogen and oxygen atoms in total. The highest BCUT2D eigenvalue weighted by Gasteiger charge is 2.38. The third kappa shape index (κ3) is 12.5. The number of aliphatic carboxylic acids is 2. The average Bonchev–Trinajstić information content (AvgIpc) is 2.80. The molecule has 1 aliphatic rings. The highest BCUT2D eigenvalue weighted by Crippen LogP contribution is 2.14. The van der Waals surface area contributed by atoms with Crippen molar-refractivity contribution in [3.8, 4) is 0 Å². The molecule has 0 amide bonds. The lowest BCUT2D eigenvalue weighted by atomic mass is 10.1. The maximum atomic E-state index is 10.6. The maximum absolute atomic E-state index is 10.6. The van der Waals surface area contributed by atoms with Crippen LogP contribution in [0.25, 0.3) is 0 Å². The number of alkyl halides is 6. The Labute approximate surface area is 196 Å². The molecule has 0 aromatic carbocycles. The molecule has 0 saturated carbocycles. The van der Waals surface area contributed by atoms with Crippen LogP contribution in [0.3, 0.4) is 0 Å². The number of carboxylic acid groups (broad SMARTS) is 2. The van der Waals surface area contributed by atoms with Gasteiger partial charge >= 0.3 is 24.3 Å². The van der Waals surface area contributed by atoms with Crippen LogP contribution in [0.1, 0.15) is 12.0 Å². The summed E-state index contributed by atoms with van der Waals surface area (Å²) in [5.74, 6) is -4.66. The van der Waals surface area contributed by atoms with Gasteiger partial charge in [0.05, 0.1) is 0 Å². The molecule has 0 bridgehead atoms. The Morgan fingerprint density at radius 1 is 0.857 bits per heavy atom. The molecule has 15 heteroatoms. The minimum absolute atomic E-state index is 0.854. The van der Waals surface area contributed by atoms with Gasteiger partial charge in [0.2, 0.25) is 5.95 Å². The van der Waals surface area contributed by atoms with E-state index in [0.29, 0.717) is 0 Å². The van der Waals surface area contributed by atoms with E-state index in [2.05, 4.69) is 30.8 Å². The van der Waals surface area contributed by atoms with E-state index in [1.165, 1.54) is 12.0 Å². The number of aryl methyl sites for hydroxylation is 1. The van der Waals surface area contributed by atoms with Crippen molar-refractivity contribution in [1.29, 1.82) is 0 Å². The van der Waals surface area contributed by atoms with Crippen LogP contribution in [0.2, 0.25) is 0 Å². The minimum atomic E-state index is -5.08. The quantitative estimate of drug-likeness (QED) is 0.584.